The molecule has 0 bridgehead atoms. The van der Waals surface area contributed by atoms with E-state index in [0.717, 1.165) is 24.8 Å². The molecular formula is C25H35N3O6. The molecular weight excluding hydrogens is 438 g/mol. The highest BCUT2D eigenvalue weighted by molar-refractivity contribution is 5.90. The average Bonchev–Trinajstić information content (AvgIpc) is 3.15. The lowest BCUT2D eigenvalue weighted by atomic mass is 9.76. The molecule has 3 amide bonds. The Hall–Kier alpha value is -3.10. The van der Waals surface area contributed by atoms with Gasteiger partial charge in [0.1, 0.15) is 17.7 Å². The van der Waals surface area contributed by atoms with E-state index in [1.807, 2.05) is 44.2 Å². The lowest BCUT2D eigenvalue weighted by Gasteiger charge is -2.41. The van der Waals surface area contributed by atoms with Gasteiger partial charge in [-0.3, -0.25) is 9.59 Å². The first-order valence-electron chi connectivity index (χ1n) is 12.0. The second-order valence-corrected chi connectivity index (χ2v) is 9.83. The molecule has 1 heterocycles. The van der Waals surface area contributed by atoms with Crippen molar-refractivity contribution < 1.29 is 29.0 Å². The molecule has 2 fully saturated rings. The predicted molar refractivity (Wildman–Crippen MR) is 125 cm³/mol. The summed E-state index contributed by atoms with van der Waals surface area (Å²) < 4.78 is 5.81. The molecule has 1 saturated carbocycles. The first kappa shape index (κ1) is 25.5. The van der Waals surface area contributed by atoms with E-state index in [0.29, 0.717) is 25.8 Å². The summed E-state index contributed by atoms with van der Waals surface area (Å²) in [5.74, 6) is -2.40. The number of benzene rings is 1. The van der Waals surface area contributed by atoms with Crippen LogP contribution in [0.15, 0.2) is 30.3 Å². The van der Waals surface area contributed by atoms with Crippen LogP contribution in [0.25, 0.3) is 0 Å². The van der Waals surface area contributed by atoms with Gasteiger partial charge in [-0.2, -0.15) is 0 Å². The SMILES string of the molecule is CC(C)CC(NC(=O)OC1(Cc2ccccc2)CCC1)C(=O)NC(C[C@@H]1CCNC1=O)C(=O)O. The molecule has 0 aromatic heterocycles. The summed E-state index contributed by atoms with van der Waals surface area (Å²) in [4.78, 5) is 49.4. The standard InChI is InChI=1S/C25H35N3O6/c1-16(2)13-19(22(30)27-20(23(31)32)14-18-9-12-26-21(18)29)28-24(33)34-25(10-6-11-25)15-17-7-4-3-5-8-17/h3-5,7-8,16,18-20H,6,9-15H2,1-2H3,(H,26,29)(H,27,30)(H,28,33)(H,31,32)/t18-,19?,20?/m0/s1. The topological polar surface area (TPSA) is 134 Å². The van der Waals surface area contributed by atoms with E-state index in [2.05, 4.69) is 16.0 Å². The van der Waals surface area contributed by atoms with Gasteiger partial charge in [0.2, 0.25) is 11.8 Å². The fraction of sp³-hybridized carbons (Fsp3) is 0.600. The quantitative estimate of drug-likeness (QED) is 0.390. The van der Waals surface area contributed by atoms with E-state index in [1.165, 1.54) is 0 Å². The van der Waals surface area contributed by atoms with E-state index in [4.69, 9.17) is 4.74 Å². The molecule has 0 spiro atoms. The van der Waals surface area contributed by atoms with Crippen LogP contribution in [0.1, 0.15) is 57.9 Å². The summed E-state index contributed by atoms with van der Waals surface area (Å²) in [5, 5.41) is 17.4. The second kappa shape index (κ2) is 11.4. The van der Waals surface area contributed by atoms with E-state index in [1.54, 1.807) is 0 Å². The molecule has 9 heteroatoms. The van der Waals surface area contributed by atoms with Crippen molar-refractivity contribution in [2.75, 3.05) is 6.54 Å². The summed E-state index contributed by atoms with van der Waals surface area (Å²) >= 11 is 0. The van der Waals surface area contributed by atoms with Gasteiger partial charge in [0, 0.05) is 18.9 Å². The Kier molecular flexibility index (Phi) is 8.52. The van der Waals surface area contributed by atoms with Crippen LogP contribution in [-0.2, 0) is 25.5 Å². The van der Waals surface area contributed by atoms with Gasteiger partial charge in [-0.1, -0.05) is 44.2 Å². The van der Waals surface area contributed by atoms with Gasteiger partial charge in [0.25, 0.3) is 0 Å². The Labute approximate surface area is 200 Å². The van der Waals surface area contributed by atoms with Crippen molar-refractivity contribution in [1.82, 2.24) is 16.0 Å². The van der Waals surface area contributed by atoms with Gasteiger partial charge in [-0.25, -0.2) is 9.59 Å². The molecule has 2 unspecified atom stereocenters. The number of alkyl carbamates (subject to hydrolysis) is 1. The molecule has 0 radical (unpaired) electrons. The number of rotatable bonds is 11. The summed E-state index contributed by atoms with van der Waals surface area (Å²) in [6.07, 6.45) is 3.25. The number of hydrogen-bond donors (Lipinski definition) is 4. The molecule has 4 N–H and O–H groups in total. The van der Waals surface area contributed by atoms with Gasteiger partial charge in [0.15, 0.2) is 0 Å². The predicted octanol–water partition coefficient (Wildman–Crippen LogP) is 2.39. The van der Waals surface area contributed by atoms with Gasteiger partial charge >= 0.3 is 12.1 Å². The maximum atomic E-state index is 13.0. The molecule has 2 aliphatic rings. The van der Waals surface area contributed by atoms with E-state index >= 15 is 0 Å². The fourth-order valence-electron chi connectivity index (χ4n) is 4.57. The zero-order chi connectivity index (χ0) is 24.7. The minimum absolute atomic E-state index is 0.00589. The minimum Gasteiger partial charge on any atom is -0.480 e. The lowest BCUT2D eigenvalue weighted by molar-refractivity contribution is -0.143. The maximum absolute atomic E-state index is 13.0. The molecule has 1 saturated heterocycles. The van der Waals surface area contributed by atoms with Crippen molar-refractivity contribution in [3.05, 3.63) is 35.9 Å². The zero-order valence-electron chi connectivity index (χ0n) is 19.8. The van der Waals surface area contributed by atoms with Crippen molar-refractivity contribution in [3.8, 4) is 0 Å². The van der Waals surface area contributed by atoms with Crippen LogP contribution in [0.3, 0.4) is 0 Å². The minimum atomic E-state index is -1.22. The van der Waals surface area contributed by atoms with Gasteiger partial charge in [-0.15, -0.1) is 0 Å². The van der Waals surface area contributed by atoms with Crippen LogP contribution in [0, 0.1) is 11.8 Å². The maximum Gasteiger partial charge on any atom is 0.408 e. The number of carbonyl (C=O) groups excluding carboxylic acids is 3. The summed E-state index contributed by atoms with van der Waals surface area (Å²) in [7, 11) is 0. The van der Waals surface area contributed by atoms with Crippen LogP contribution in [-0.4, -0.2) is 53.2 Å². The van der Waals surface area contributed by atoms with Crippen molar-refractivity contribution in [1.29, 1.82) is 0 Å². The Morgan fingerprint density at radius 3 is 2.38 bits per heavy atom. The Morgan fingerprint density at radius 2 is 1.85 bits per heavy atom. The van der Waals surface area contributed by atoms with Crippen LogP contribution in [0.2, 0.25) is 0 Å². The zero-order valence-corrected chi connectivity index (χ0v) is 19.8. The molecule has 1 aliphatic heterocycles. The third kappa shape index (κ3) is 6.95. The molecule has 186 valence electrons. The van der Waals surface area contributed by atoms with Crippen molar-refractivity contribution in [2.24, 2.45) is 11.8 Å². The smallest absolute Gasteiger partial charge is 0.408 e. The highest BCUT2D eigenvalue weighted by Gasteiger charge is 2.42. The summed E-state index contributed by atoms with van der Waals surface area (Å²) in [5.41, 5.74) is 0.482. The fourth-order valence-corrected chi connectivity index (χ4v) is 4.57. The van der Waals surface area contributed by atoms with E-state index in [-0.39, 0.29) is 18.2 Å². The van der Waals surface area contributed by atoms with Crippen LogP contribution >= 0.6 is 0 Å². The summed E-state index contributed by atoms with van der Waals surface area (Å²) in [6, 6.07) is 7.64. The molecule has 1 aromatic rings. The Bertz CT molecular complexity index is 884. The highest BCUT2D eigenvalue weighted by atomic mass is 16.6. The molecule has 3 atom stereocenters. The average molecular weight is 474 g/mol. The lowest BCUT2D eigenvalue weighted by Crippen LogP contribution is -2.54. The van der Waals surface area contributed by atoms with Crippen LogP contribution in [0.5, 0.6) is 0 Å². The van der Waals surface area contributed by atoms with E-state index in [9.17, 15) is 24.3 Å². The third-order valence-electron chi connectivity index (χ3n) is 6.56. The van der Waals surface area contributed by atoms with E-state index < -0.39 is 41.6 Å². The Balaban J connectivity index is 1.62. The third-order valence-corrected chi connectivity index (χ3v) is 6.56. The normalized spacial score (nSPS) is 20.6. The monoisotopic (exact) mass is 473 g/mol. The molecule has 1 aliphatic carbocycles. The number of nitrogens with one attached hydrogen (secondary N) is 3. The van der Waals surface area contributed by atoms with Crippen LogP contribution < -0.4 is 16.0 Å². The second-order valence-electron chi connectivity index (χ2n) is 9.83. The molecule has 3 rings (SSSR count). The number of carbonyl (C=O) groups is 4. The van der Waals surface area contributed by atoms with Gasteiger partial charge < -0.3 is 25.8 Å². The first-order chi connectivity index (χ1) is 16.2. The highest BCUT2D eigenvalue weighted by Crippen LogP contribution is 2.38. The van der Waals surface area contributed by atoms with Crippen molar-refractivity contribution >= 4 is 23.9 Å². The largest absolute Gasteiger partial charge is 0.480 e. The number of amides is 3. The number of carboxylic acid groups (broad SMARTS) is 1. The number of ether oxygens (including phenoxy) is 1. The van der Waals surface area contributed by atoms with Gasteiger partial charge in [-0.05, 0) is 50.0 Å². The van der Waals surface area contributed by atoms with Crippen LogP contribution in [0.4, 0.5) is 4.79 Å². The Morgan fingerprint density at radius 1 is 1.15 bits per heavy atom. The van der Waals surface area contributed by atoms with Gasteiger partial charge in [0.05, 0.1) is 0 Å². The number of hydrogen-bond acceptors (Lipinski definition) is 5. The molecule has 9 nitrogen and oxygen atoms in total. The molecule has 1 aromatic carbocycles. The first-order valence-corrected chi connectivity index (χ1v) is 12.0. The molecule has 34 heavy (non-hydrogen) atoms. The van der Waals surface area contributed by atoms with Crippen molar-refractivity contribution in [3.63, 3.8) is 0 Å². The number of aliphatic carboxylic acids is 1. The number of carboxylic acids is 1. The summed E-state index contributed by atoms with van der Waals surface area (Å²) in [6.45, 7) is 4.32. The van der Waals surface area contributed by atoms with Crippen molar-refractivity contribution in [2.45, 2.75) is 76.5 Å².